The number of allylic oxidation sites excluding steroid dienone is 2. The van der Waals surface area contributed by atoms with E-state index in [1.807, 2.05) is 19.1 Å². The Morgan fingerprint density at radius 3 is 2.72 bits per heavy atom. The van der Waals surface area contributed by atoms with Gasteiger partial charge in [-0.2, -0.15) is 0 Å². The molecule has 3 rings (SSSR count). The first-order chi connectivity index (χ1) is 11.9. The molecule has 132 valence electrons. The first kappa shape index (κ1) is 17.1. The number of carbonyl (C=O) groups is 1. The lowest BCUT2D eigenvalue weighted by Crippen LogP contribution is -2.29. The molecule has 1 amide bonds. The van der Waals surface area contributed by atoms with Crippen molar-refractivity contribution in [3.05, 3.63) is 58.1 Å². The SMILES string of the molecule is CC(=O)N1CC(C)CC1c1cc([N+](=O)[O-])c(N2C=CC=CC2)cc1F. The molecule has 7 heteroatoms. The molecule has 2 aliphatic rings. The Hall–Kier alpha value is -2.70. The van der Waals surface area contributed by atoms with E-state index >= 15 is 0 Å². The van der Waals surface area contributed by atoms with Gasteiger partial charge in [0.1, 0.15) is 11.5 Å². The van der Waals surface area contributed by atoms with Crippen molar-refractivity contribution in [1.82, 2.24) is 4.90 Å². The van der Waals surface area contributed by atoms with Crippen molar-refractivity contribution in [3.8, 4) is 0 Å². The van der Waals surface area contributed by atoms with E-state index < -0.39 is 16.8 Å². The zero-order valence-corrected chi connectivity index (χ0v) is 14.2. The highest BCUT2D eigenvalue weighted by molar-refractivity contribution is 5.75. The van der Waals surface area contributed by atoms with Crippen LogP contribution in [0.3, 0.4) is 0 Å². The summed E-state index contributed by atoms with van der Waals surface area (Å²) in [5, 5.41) is 11.6. The fourth-order valence-corrected chi connectivity index (χ4v) is 3.53. The molecule has 1 aromatic rings. The fourth-order valence-electron chi connectivity index (χ4n) is 3.53. The molecular formula is C18H20FN3O3. The number of likely N-dealkylation sites (tertiary alicyclic amines) is 1. The van der Waals surface area contributed by atoms with E-state index in [0.717, 1.165) is 0 Å². The van der Waals surface area contributed by atoms with Gasteiger partial charge in [-0.05, 0) is 18.4 Å². The van der Waals surface area contributed by atoms with Gasteiger partial charge in [-0.15, -0.1) is 0 Å². The molecule has 0 aliphatic carbocycles. The molecule has 0 bridgehead atoms. The van der Waals surface area contributed by atoms with Crippen molar-refractivity contribution in [2.75, 3.05) is 18.0 Å². The second kappa shape index (κ2) is 6.66. The van der Waals surface area contributed by atoms with Crippen LogP contribution < -0.4 is 4.90 Å². The summed E-state index contributed by atoms with van der Waals surface area (Å²) < 4.78 is 14.8. The topological polar surface area (TPSA) is 66.7 Å². The third-order valence-corrected chi connectivity index (χ3v) is 4.69. The molecule has 0 radical (unpaired) electrons. The summed E-state index contributed by atoms with van der Waals surface area (Å²) in [6.45, 7) is 4.41. The van der Waals surface area contributed by atoms with Crippen molar-refractivity contribution in [1.29, 1.82) is 0 Å². The maximum Gasteiger partial charge on any atom is 0.293 e. The monoisotopic (exact) mass is 345 g/mol. The third kappa shape index (κ3) is 3.26. The number of amides is 1. The fraction of sp³-hybridized carbons (Fsp3) is 0.389. The standard InChI is InChI=1S/C18H20FN3O3/c1-12-8-16(21(11-12)13(2)23)14-9-18(22(24)25)17(10-15(14)19)20-6-4-3-5-7-20/h3-6,9-10,12,16H,7-8,11H2,1-2H3. The Bertz CT molecular complexity index is 775. The highest BCUT2D eigenvalue weighted by Crippen LogP contribution is 2.41. The smallest absolute Gasteiger partial charge is 0.293 e. The van der Waals surface area contributed by atoms with Crippen LogP contribution >= 0.6 is 0 Å². The summed E-state index contributed by atoms with van der Waals surface area (Å²) in [4.78, 5) is 26.1. The Labute approximate surface area is 145 Å². The van der Waals surface area contributed by atoms with Crippen molar-refractivity contribution < 1.29 is 14.1 Å². The lowest BCUT2D eigenvalue weighted by Gasteiger charge is -2.25. The minimum Gasteiger partial charge on any atom is -0.339 e. The second-order valence-electron chi connectivity index (χ2n) is 6.57. The number of halogens is 1. The molecule has 0 aromatic heterocycles. The van der Waals surface area contributed by atoms with Gasteiger partial charge in [0.15, 0.2) is 0 Å². The zero-order chi connectivity index (χ0) is 18.1. The number of benzene rings is 1. The van der Waals surface area contributed by atoms with Gasteiger partial charge in [-0.3, -0.25) is 14.9 Å². The third-order valence-electron chi connectivity index (χ3n) is 4.69. The van der Waals surface area contributed by atoms with Gasteiger partial charge in [0.2, 0.25) is 5.91 Å². The Kier molecular flexibility index (Phi) is 4.57. The van der Waals surface area contributed by atoms with Gasteiger partial charge < -0.3 is 9.80 Å². The number of hydrogen-bond acceptors (Lipinski definition) is 4. The molecule has 0 saturated carbocycles. The van der Waals surface area contributed by atoms with Gasteiger partial charge in [0.25, 0.3) is 5.69 Å². The number of nitrogens with zero attached hydrogens (tertiary/aromatic N) is 3. The minimum absolute atomic E-state index is 0.149. The summed E-state index contributed by atoms with van der Waals surface area (Å²) in [6, 6.07) is 2.03. The van der Waals surface area contributed by atoms with Crippen molar-refractivity contribution in [3.63, 3.8) is 0 Å². The van der Waals surface area contributed by atoms with E-state index in [1.54, 1.807) is 22.1 Å². The normalized spacial score (nSPS) is 22.5. The molecule has 2 aliphatic heterocycles. The van der Waals surface area contributed by atoms with Crippen LogP contribution in [0.1, 0.15) is 31.9 Å². The molecule has 1 saturated heterocycles. The van der Waals surface area contributed by atoms with Crippen LogP contribution in [0.25, 0.3) is 0 Å². The molecule has 1 aromatic carbocycles. The van der Waals surface area contributed by atoms with Gasteiger partial charge in [0, 0.05) is 43.9 Å². The van der Waals surface area contributed by atoms with Gasteiger partial charge >= 0.3 is 0 Å². The summed E-state index contributed by atoms with van der Waals surface area (Å²) >= 11 is 0. The Balaban J connectivity index is 2.05. The molecule has 2 atom stereocenters. The predicted molar refractivity (Wildman–Crippen MR) is 92.6 cm³/mol. The molecular weight excluding hydrogens is 325 g/mol. The predicted octanol–water partition coefficient (Wildman–Crippen LogP) is 3.55. The van der Waals surface area contributed by atoms with Crippen LogP contribution in [0.15, 0.2) is 36.6 Å². The maximum absolute atomic E-state index is 14.8. The highest BCUT2D eigenvalue weighted by atomic mass is 19.1. The summed E-state index contributed by atoms with van der Waals surface area (Å²) in [6.07, 6.45) is 7.69. The number of carbonyl (C=O) groups excluding carboxylic acids is 1. The molecule has 2 unspecified atom stereocenters. The van der Waals surface area contributed by atoms with Crippen molar-refractivity contribution in [2.24, 2.45) is 5.92 Å². The van der Waals surface area contributed by atoms with Gasteiger partial charge in [-0.1, -0.05) is 19.1 Å². The molecule has 2 heterocycles. The highest BCUT2D eigenvalue weighted by Gasteiger charge is 2.36. The number of hydrogen-bond donors (Lipinski definition) is 0. The largest absolute Gasteiger partial charge is 0.339 e. The molecule has 0 N–H and O–H groups in total. The lowest BCUT2D eigenvalue weighted by molar-refractivity contribution is -0.384. The first-order valence-electron chi connectivity index (χ1n) is 8.23. The number of rotatable bonds is 3. The first-order valence-corrected chi connectivity index (χ1v) is 8.23. The van der Waals surface area contributed by atoms with Crippen LogP contribution in [-0.2, 0) is 4.79 Å². The average Bonchev–Trinajstić information content (AvgIpc) is 2.97. The molecule has 0 spiro atoms. The van der Waals surface area contributed by atoms with Crippen molar-refractivity contribution in [2.45, 2.75) is 26.3 Å². The van der Waals surface area contributed by atoms with Crippen molar-refractivity contribution >= 4 is 17.3 Å². The van der Waals surface area contributed by atoms with E-state index in [9.17, 15) is 19.3 Å². The Morgan fingerprint density at radius 2 is 2.12 bits per heavy atom. The van der Waals surface area contributed by atoms with E-state index in [1.165, 1.54) is 19.1 Å². The van der Waals surface area contributed by atoms with Gasteiger partial charge in [-0.25, -0.2) is 4.39 Å². The van der Waals surface area contributed by atoms with Crippen LogP contribution in [0.2, 0.25) is 0 Å². The molecule has 6 nitrogen and oxygen atoms in total. The van der Waals surface area contributed by atoms with E-state index in [4.69, 9.17) is 0 Å². The van der Waals surface area contributed by atoms with Crippen LogP contribution in [0.5, 0.6) is 0 Å². The number of nitro groups is 1. The van der Waals surface area contributed by atoms with Crippen LogP contribution in [-0.4, -0.2) is 28.8 Å². The number of nitro benzene ring substituents is 1. The quantitative estimate of drug-likeness (QED) is 0.621. The minimum atomic E-state index is -0.520. The molecule has 25 heavy (non-hydrogen) atoms. The average molecular weight is 345 g/mol. The Morgan fingerprint density at radius 1 is 1.36 bits per heavy atom. The summed E-state index contributed by atoms with van der Waals surface area (Å²) in [7, 11) is 0. The van der Waals surface area contributed by atoms with E-state index in [0.29, 0.717) is 19.5 Å². The number of anilines is 1. The zero-order valence-electron chi connectivity index (χ0n) is 14.2. The summed E-state index contributed by atoms with van der Waals surface area (Å²) in [5.74, 6) is -0.444. The molecule has 1 fully saturated rings. The summed E-state index contributed by atoms with van der Waals surface area (Å²) in [5.41, 5.74) is 0.276. The van der Waals surface area contributed by atoms with Crippen LogP contribution in [0.4, 0.5) is 15.8 Å². The maximum atomic E-state index is 14.8. The van der Waals surface area contributed by atoms with Gasteiger partial charge in [0.05, 0.1) is 11.0 Å². The second-order valence-corrected chi connectivity index (χ2v) is 6.57. The lowest BCUT2D eigenvalue weighted by atomic mass is 9.99. The van der Waals surface area contributed by atoms with E-state index in [2.05, 4.69) is 0 Å². The van der Waals surface area contributed by atoms with Crippen LogP contribution in [0, 0.1) is 21.8 Å². The van der Waals surface area contributed by atoms with E-state index in [-0.39, 0.29) is 28.8 Å².